The fourth-order valence-corrected chi connectivity index (χ4v) is 10.6. The number of benzene rings is 4. The molecule has 7 rings (SSSR count). The predicted molar refractivity (Wildman–Crippen MR) is 291 cm³/mol. The van der Waals surface area contributed by atoms with Gasteiger partial charge in [0, 0.05) is 74.4 Å². The van der Waals surface area contributed by atoms with Crippen molar-refractivity contribution in [2.24, 2.45) is 18.7 Å². The third kappa shape index (κ3) is 14.8. The molecule has 1 aromatic heterocycles. The van der Waals surface area contributed by atoms with Crippen LogP contribution in [0.3, 0.4) is 0 Å². The number of ether oxygens (including phenoxy) is 2. The highest BCUT2D eigenvalue weighted by Gasteiger charge is 2.40. The molecule has 0 unspecified atom stereocenters. The molecule has 5 aromatic rings. The van der Waals surface area contributed by atoms with Crippen molar-refractivity contribution in [2.75, 3.05) is 48.5 Å². The normalized spacial score (nSPS) is 21.6. The number of fused-ring (bicyclic) bond motifs is 1. The minimum Gasteiger partial charge on any atom is -0.457 e. The minimum absolute atomic E-state index is 0.00284. The van der Waals surface area contributed by atoms with Crippen molar-refractivity contribution < 1.29 is 33.4 Å². The molecule has 1 saturated carbocycles. The van der Waals surface area contributed by atoms with E-state index in [4.69, 9.17) is 38.4 Å². The Balaban J connectivity index is 1.29. The summed E-state index contributed by atoms with van der Waals surface area (Å²) in [5.74, 6) is -1.31. The zero-order valence-corrected chi connectivity index (χ0v) is 45.4. The molecule has 1 aliphatic heterocycles. The maximum atomic E-state index is 15.5. The van der Waals surface area contributed by atoms with Crippen LogP contribution in [0.5, 0.6) is 11.5 Å². The van der Waals surface area contributed by atoms with Gasteiger partial charge in [0.05, 0.1) is 43.5 Å². The maximum Gasteiger partial charge on any atom is 0.247 e. The molecular weight excluding hydrogens is 994 g/mol. The number of methoxy groups -OCH3 is 1. The van der Waals surface area contributed by atoms with Gasteiger partial charge in [0.2, 0.25) is 29.5 Å². The van der Waals surface area contributed by atoms with E-state index < -0.39 is 41.8 Å². The van der Waals surface area contributed by atoms with Gasteiger partial charge in [-0.05, 0) is 112 Å². The van der Waals surface area contributed by atoms with E-state index in [-0.39, 0.29) is 69.3 Å². The lowest BCUT2D eigenvalue weighted by Gasteiger charge is -2.40. The van der Waals surface area contributed by atoms with Crippen molar-refractivity contribution in [3.63, 3.8) is 0 Å². The Labute approximate surface area is 450 Å². The average molecular weight is 1070 g/mol. The summed E-state index contributed by atoms with van der Waals surface area (Å²) in [5.41, 5.74) is 10.4. The average Bonchev–Trinajstić information content (AvgIpc) is 3.75. The van der Waals surface area contributed by atoms with Crippen LogP contribution in [0.15, 0.2) is 103 Å². The number of carbonyl (C=O) groups is 5. The highest BCUT2D eigenvalue weighted by Crippen LogP contribution is 2.33. The van der Waals surface area contributed by atoms with Gasteiger partial charge in [0.25, 0.3) is 0 Å². The van der Waals surface area contributed by atoms with E-state index in [1.807, 2.05) is 94.1 Å². The van der Waals surface area contributed by atoms with Gasteiger partial charge < -0.3 is 50.0 Å². The molecular formula is C57H71Cl2N9O7. The van der Waals surface area contributed by atoms with Gasteiger partial charge in [-0.1, -0.05) is 84.6 Å². The van der Waals surface area contributed by atoms with E-state index in [9.17, 15) is 9.59 Å². The molecule has 4 N–H and O–H groups in total. The number of imidazole rings is 1. The smallest absolute Gasteiger partial charge is 0.247 e. The Morgan fingerprint density at radius 1 is 0.787 bits per heavy atom. The zero-order valence-electron chi connectivity index (χ0n) is 43.8. The first kappa shape index (κ1) is 56.4. The second-order valence-electron chi connectivity index (χ2n) is 20.1. The molecule has 16 nitrogen and oxygen atoms in total. The fourth-order valence-electron chi connectivity index (χ4n) is 10.3. The van der Waals surface area contributed by atoms with Gasteiger partial charge in [-0.3, -0.25) is 24.0 Å². The van der Waals surface area contributed by atoms with E-state index in [0.717, 1.165) is 41.1 Å². The molecule has 1 saturated heterocycles. The molecule has 0 bridgehead atoms. The molecule has 2 fully saturated rings. The number of nitrogens with zero attached hydrogens (tertiary/aromatic N) is 6. The largest absolute Gasteiger partial charge is 0.457 e. The second-order valence-corrected chi connectivity index (χ2v) is 20.9. The summed E-state index contributed by atoms with van der Waals surface area (Å²) >= 11 is 12.9. The van der Waals surface area contributed by atoms with E-state index >= 15 is 14.4 Å². The van der Waals surface area contributed by atoms with E-state index in [1.165, 1.54) is 16.9 Å². The van der Waals surface area contributed by atoms with Crippen molar-refractivity contribution in [3.05, 3.63) is 136 Å². The number of likely N-dealkylation sites (N-methyl/N-ethyl adjacent to an activating group) is 2. The minimum atomic E-state index is -1.23. The van der Waals surface area contributed by atoms with Crippen molar-refractivity contribution in [1.29, 1.82) is 0 Å². The summed E-state index contributed by atoms with van der Waals surface area (Å²) in [5, 5.41) is 7.09. The van der Waals surface area contributed by atoms with Gasteiger partial charge in [0.1, 0.15) is 29.4 Å². The number of nitrogens with two attached hydrogens (primary N) is 1. The monoisotopic (exact) mass is 1060 g/mol. The van der Waals surface area contributed by atoms with E-state index in [2.05, 4.69) is 25.1 Å². The summed E-state index contributed by atoms with van der Waals surface area (Å²) in [6, 6.07) is 25.5. The number of halogens is 2. The van der Waals surface area contributed by atoms with Crippen LogP contribution in [0.4, 0.5) is 0 Å². The van der Waals surface area contributed by atoms with Gasteiger partial charge in [0.15, 0.2) is 0 Å². The van der Waals surface area contributed by atoms with Crippen LogP contribution in [0.25, 0.3) is 11.3 Å². The molecule has 1 aliphatic carbocycles. The summed E-state index contributed by atoms with van der Waals surface area (Å²) in [7, 11) is 10.7. The maximum absolute atomic E-state index is 15.5. The molecule has 400 valence electrons. The van der Waals surface area contributed by atoms with Gasteiger partial charge in [-0.2, -0.15) is 0 Å². The molecule has 6 atom stereocenters. The number of aromatic nitrogens is 2. The first-order valence-electron chi connectivity index (χ1n) is 25.6. The van der Waals surface area contributed by atoms with Crippen molar-refractivity contribution >= 4 is 52.7 Å². The van der Waals surface area contributed by atoms with Crippen LogP contribution in [-0.2, 0) is 61.7 Å². The molecule has 4 aromatic carbocycles. The van der Waals surface area contributed by atoms with Crippen molar-refractivity contribution in [2.45, 2.75) is 101 Å². The Bertz CT molecular complexity index is 2740. The fraction of sp³-hybridized carbons (Fsp3) is 0.439. The Hall–Kier alpha value is -6.30. The van der Waals surface area contributed by atoms with Crippen LogP contribution in [0, 0.1) is 5.92 Å². The van der Waals surface area contributed by atoms with E-state index in [1.54, 1.807) is 49.3 Å². The molecule has 2 heterocycles. The van der Waals surface area contributed by atoms with E-state index in [0.29, 0.717) is 52.9 Å². The molecule has 5 amide bonds. The number of carbonyl (C=O) groups excluding carboxylic acids is 5. The zero-order chi connectivity index (χ0) is 53.8. The first-order chi connectivity index (χ1) is 36.0. The second kappa shape index (κ2) is 26.5. The number of rotatable bonds is 15. The number of amides is 5. The lowest BCUT2D eigenvalue weighted by molar-refractivity contribution is -0.148. The predicted octanol–water partition coefficient (Wildman–Crippen LogP) is 7.03. The SMILES string of the molecule is COC[C@@H]1NC(=O)[C@H](CCN)N(Cc2ccc(Cl)cc2Oc2ccc(-c3cnc(CN(C)C)n3C)cc2)C(=O)C[C@@H](Cc2ccccc2)C(=O)N(C)[C@H]2CCCC[C@@H]2NC(=O)C[C@H](Cc2ccc(Cl)cc2)N(C)C1=O. The quantitative estimate of drug-likeness (QED) is 0.0984. The lowest BCUT2D eigenvalue weighted by atomic mass is 9.87. The van der Waals surface area contributed by atoms with Gasteiger partial charge >= 0.3 is 0 Å². The standard InChI is InChI=1S/C57H71Cl2N9O7/c1-64(2)35-52-61-33-50(66(52)4)39-19-24-45(25-20-39)75-51-31-43(59)23-18-40(51)34-68-49(26-27-60)55(71)63-47(36-74-6)57(73)65(3)44(29-38-16-21-42(58)22-17-38)32-53(69)62-46-14-10-11-15-48(46)67(5)56(72)41(30-54(68)70)28-37-12-8-7-9-13-37/h7-9,12-13,16-25,31,33,41,44,46-49H,10-11,14-15,26-30,32,34-36,60H2,1-6H3,(H,62,69)(H,63,71)/t41-,44+,46+,47+,48+,49+/m1/s1. The summed E-state index contributed by atoms with van der Waals surface area (Å²) in [6.07, 6.45) is 4.99. The number of nitrogens with one attached hydrogen (secondary N) is 2. The number of hydrogen-bond donors (Lipinski definition) is 3. The summed E-state index contributed by atoms with van der Waals surface area (Å²) in [4.78, 5) is 85.9. The summed E-state index contributed by atoms with van der Waals surface area (Å²) < 4.78 is 14.2. The highest BCUT2D eigenvalue weighted by atomic mass is 35.5. The van der Waals surface area contributed by atoms with Crippen molar-refractivity contribution in [1.82, 2.24) is 39.8 Å². The van der Waals surface area contributed by atoms with Crippen LogP contribution >= 0.6 is 23.2 Å². The van der Waals surface area contributed by atoms with Crippen LogP contribution < -0.4 is 21.1 Å². The molecule has 0 spiro atoms. The molecule has 2 aliphatic rings. The van der Waals surface area contributed by atoms with Crippen LogP contribution in [0.2, 0.25) is 10.0 Å². The summed E-state index contributed by atoms with van der Waals surface area (Å²) in [6.45, 7) is 0.301. The lowest BCUT2D eigenvalue weighted by Crippen LogP contribution is -2.59. The first-order valence-corrected chi connectivity index (χ1v) is 26.4. The topological polar surface area (TPSA) is 185 Å². The Morgan fingerprint density at radius 2 is 1.48 bits per heavy atom. The van der Waals surface area contributed by atoms with Gasteiger partial charge in [-0.15, -0.1) is 0 Å². The van der Waals surface area contributed by atoms with Gasteiger partial charge in [-0.25, -0.2) is 4.98 Å². The van der Waals surface area contributed by atoms with Crippen LogP contribution in [-0.4, -0.2) is 137 Å². The highest BCUT2D eigenvalue weighted by molar-refractivity contribution is 6.31. The Kier molecular flexibility index (Phi) is 19.9. The Morgan fingerprint density at radius 3 is 2.17 bits per heavy atom. The third-order valence-electron chi connectivity index (χ3n) is 14.4. The molecule has 18 heteroatoms. The van der Waals surface area contributed by atoms with Crippen molar-refractivity contribution in [3.8, 4) is 22.8 Å². The third-order valence-corrected chi connectivity index (χ3v) is 14.9. The van der Waals surface area contributed by atoms with Crippen LogP contribution in [0.1, 0.15) is 67.5 Å². The number of hydrogen-bond acceptors (Lipinski definition) is 10. The molecule has 75 heavy (non-hydrogen) atoms. The molecule has 0 radical (unpaired) electrons.